The van der Waals surface area contributed by atoms with E-state index < -0.39 is 9.84 Å². The standard InChI is InChI=1S/C12H17NO4S/c1-10-4-5-11(17-10)6-7-12(14)13-8-3-9-18(2,15)16/h4-7H,3,8-9H2,1-2H3,(H,13,14)/b7-6-. The molecule has 0 unspecified atom stereocenters. The molecule has 5 nitrogen and oxygen atoms in total. The summed E-state index contributed by atoms with van der Waals surface area (Å²) >= 11 is 0. The maximum absolute atomic E-state index is 11.4. The lowest BCUT2D eigenvalue weighted by atomic mass is 10.3. The zero-order valence-electron chi connectivity index (χ0n) is 10.5. The molecule has 1 aromatic rings. The fraction of sp³-hybridized carbons (Fsp3) is 0.417. The van der Waals surface area contributed by atoms with Crippen molar-refractivity contribution in [3.8, 4) is 0 Å². The summed E-state index contributed by atoms with van der Waals surface area (Å²) in [6.45, 7) is 2.16. The first-order chi connectivity index (χ1) is 8.37. The van der Waals surface area contributed by atoms with Gasteiger partial charge in [-0.3, -0.25) is 4.79 Å². The van der Waals surface area contributed by atoms with E-state index in [1.165, 1.54) is 12.3 Å². The van der Waals surface area contributed by atoms with Gasteiger partial charge in [0, 0.05) is 18.9 Å². The third-order valence-corrected chi connectivity index (χ3v) is 3.18. The number of hydrogen-bond acceptors (Lipinski definition) is 4. The normalized spacial score (nSPS) is 11.9. The fourth-order valence-corrected chi connectivity index (χ4v) is 1.97. The predicted molar refractivity (Wildman–Crippen MR) is 69.8 cm³/mol. The van der Waals surface area contributed by atoms with Crippen LogP contribution in [0.5, 0.6) is 0 Å². The second-order valence-corrected chi connectivity index (χ2v) is 6.32. The molecule has 0 aromatic carbocycles. The topological polar surface area (TPSA) is 76.4 Å². The van der Waals surface area contributed by atoms with Gasteiger partial charge in [-0.25, -0.2) is 8.42 Å². The number of hydrogen-bond donors (Lipinski definition) is 1. The number of nitrogens with one attached hydrogen (secondary N) is 1. The van der Waals surface area contributed by atoms with Crippen LogP contribution < -0.4 is 5.32 Å². The van der Waals surface area contributed by atoms with Gasteiger partial charge in [0.2, 0.25) is 5.91 Å². The Morgan fingerprint density at radius 3 is 2.72 bits per heavy atom. The summed E-state index contributed by atoms with van der Waals surface area (Å²) in [6.07, 6.45) is 4.52. The van der Waals surface area contributed by atoms with Crippen molar-refractivity contribution in [2.45, 2.75) is 13.3 Å². The van der Waals surface area contributed by atoms with Gasteiger partial charge in [-0.2, -0.15) is 0 Å². The molecule has 0 saturated carbocycles. The van der Waals surface area contributed by atoms with Crippen molar-refractivity contribution in [3.05, 3.63) is 29.7 Å². The molecule has 0 spiro atoms. The van der Waals surface area contributed by atoms with Crippen LogP contribution in [0.25, 0.3) is 6.08 Å². The van der Waals surface area contributed by atoms with E-state index in [0.717, 1.165) is 5.76 Å². The second-order valence-electron chi connectivity index (χ2n) is 4.06. The average molecular weight is 271 g/mol. The number of furan rings is 1. The summed E-state index contributed by atoms with van der Waals surface area (Å²) in [5, 5.41) is 2.60. The highest BCUT2D eigenvalue weighted by Crippen LogP contribution is 2.07. The summed E-state index contributed by atoms with van der Waals surface area (Å²) in [7, 11) is -2.96. The van der Waals surface area contributed by atoms with Gasteiger partial charge in [-0.1, -0.05) is 0 Å². The Morgan fingerprint density at radius 1 is 1.44 bits per heavy atom. The molecule has 0 saturated heterocycles. The summed E-state index contributed by atoms with van der Waals surface area (Å²) in [5.74, 6) is 1.20. The van der Waals surface area contributed by atoms with E-state index in [9.17, 15) is 13.2 Å². The lowest BCUT2D eigenvalue weighted by molar-refractivity contribution is -0.116. The minimum absolute atomic E-state index is 0.0778. The molecule has 18 heavy (non-hydrogen) atoms. The number of sulfone groups is 1. The van der Waals surface area contributed by atoms with Crippen molar-refractivity contribution in [1.82, 2.24) is 5.32 Å². The van der Waals surface area contributed by atoms with E-state index in [1.807, 2.05) is 13.0 Å². The minimum Gasteiger partial charge on any atom is -0.462 e. The molecule has 0 atom stereocenters. The number of carbonyl (C=O) groups excluding carboxylic acids is 1. The number of amides is 1. The highest BCUT2D eigenvalue weighted by atomic mass is 32.2. The summed E-state index contributed by atoms with van der Waals surface area (Å²) in [5.41, 5.74) is 0. The highest BCUT2D eigenvalue weighted by molar-refractivity contribution is 7.90. The average Bonchev–Trinajstić information content (AvgIpc) is 2.66. The van der Waals surface area contributed by atoms with Crippen LogP contribution in [0.3, 0.4) is 0 Å². The Labute approximate surface area is 107 Å². The molecule has 0 bridgehead atoms. The summed E-state index contributed by atoms with van der Waals surface area (Å²) < 4.78 is 27.0. The summed E-state index contributed by atoms with van der Waals surface area (Å²) in [4.78, 5) is 11.4. The van der Waals surface area contributed by atoms with Gasteiger partial charge in [-0.05, 0) is 31.6 Å². The van der Waals surface area contributed by atoms with Gasteiger partial charge >= 0.3 is 0 Å². The number of rotatable bonds is 6. The molecule has 0 radical (unpaired) electrons. The van der Waals surface area contributed by atoms with Crippen molar-refractivity contribution < 1.29 is 17.6 Å². The van der Waals surface area contributed by atoms with Crippen LogP contribution in [0.4, 0.5) is 0 Å². The third kappa shape index (κ3) is 6.24. The quantitative estimate of drug-likeness (QED) is 0.622. The van der Waals surface area contributed by atoms with Crippen LogP contribution in [-0.2, 0) is 14.6 Å². The van der Waals surface area contributed by atoms with Gasteiger partial charge in [0.1, 0.15) is 21.4 Å². The van der Waals surface area contributed by atoms with Crippen molar-refractivity contribution in [3.63, 3.8) is 0 Å². The van der Waals surface area contributed by atoms with E-state index in [0.29, 0.717) is 18.7 Å². The van der Waals surface area contributed by atoms with E-state index in [-0.39, 0.29) is 11.7 Å². The SMILES string of the molecule is Cc1ccc(/C=C\C(=O)NCCCS(C)(=O)=O)o1. The maximum Gasteiger partial charge on any atom is 0.244 e. The molecule has 6 heteroatoms. The summed E-state index contributed by atoms with van der Waals surface area (Å²) in [6, 6.07) is 3.58. The Balaban J connectivity index is 2.28. The molecule has 0 aliphatic carbocycles. The Kier molecular flexibility index (Phi) is 5.15. The zero-order valence-corrected chi connectivity index (χ0v) is 11.3. The molecule has 1 rings (SSSR count). The van der Waals surface area contributed by atoms with Gasteiger partial charge in [0.05, 0.1) is 5.75 Å². The number of carbonyl (C=O) groups is 1. The second kappa shape index (κ2) is 6.39. The van der Waals surface area contributed by atoms with Gasteiger partial charge in [-0.15, -0.1) is 0 Å². The largest absolute Gasteiger partial charge is 0.462 e. The molecule has 0 aliphatic rings. The monoisotopic (exact) mass is 271 g/mol. The van der Waals surface area contributed by atoms with E-state index >= 15 is 0 Å². The molecule has 0 fully saturated rings. The van der Waals surface area contributed by atoms with Crippen LogP contribution in [-0.4, -0.2) is 32.9 Å². The number of aryl methyl sites for hydroxylation is 1. The van der Waals surface area contributed by atoms with Crippen molar-refractivity contribution in [1.29, 1.82) is 0 Å². The van der Waals surface area contributed by atoms with Crippen molar-refractivity contribution in [2.75, 3.05) is 18.6 Å². The smallest absolute Gasteiger partial charge is 0.244 e. The Bertz CT molecular complexity index is 528. The van der Waals surface area contributed by atoms with Gasteiger partial charge in [0.15, 0.2) is 0 Å². The van der Waals surface area contributed by atoms with Crippen molar-refractivity contribution in [2.24, 2.45) is 0 Å². The van der Waals surface area contributed by atoms with Crippen molar-refractivity contribution >= 4 is 21.8 Å². The third-order valence-electron chi connectivity index (χ3n) is 2.15. The van der Waals surface area contributed by atoms with Crippen LogP contribution in [0, 0.1) is 6.92 Å². The maximum atomic E-state index is 11.4. The molecule has 1 heterocycles. The molecule has 1 N–H and O–H groups in total. The fourth-order valence-electron chi connectivity index (χ4n) is 1.31. The Hall–Kier alpha value is -1.56. The van der Waals surface area contributed by atoms with Crippen LogP contribution >= 0.6 is 0 Å². The lowest BCUT2D eigenvalue weighted by Crippen LogP contribution is -2.23. The first-order valence-corrected chi connectivity index (χ1v) is 7.63. The zero-order chi connectivity index (χ0) is 13.6. The van der Waals surface area contributed by atoms with Crippen LogP contribution in [0.2, 0.25) is 0 Å². The van der Waals surface area contributed by atoms with Gasteiger partial charge in [0.25, 0.3) is 0 Å². The van der Waals surface area contributed by atoms with E-state index in [1.54, 1.807) is 12.1 Å². The van der Waals surface area contributed by atoms with Gasteiger partial charge < -0.3 is 9.73 Å². The van der Waals surface area contributed by atoms with E-state index in [2.05, 4.69) is 5.32 Å². The lowest BCUT2D eigenvalue weighted by Gasteiger charge is -2.00. The molecule has 1 amide bonds. The Morgan fingerprint density at radius 2 is 2.17 bits per heavy atom. The molecule has 100 valence electrons. The van der Waals surface area contributed by atoms with Crippen LogP contribution in [0.1, 0.15) is 17.9 Å². The first kappa shape index (κ1) is 14.5. The molecular formula is C12H17NO4S. The molecule has 0 aliphatic heterocycles. The molecular weight excluding hydrogens is 254 g/mol. The van der Waals surface area contributed by atoms with Crippen LogP contribution in [0.15, 0.2) is 22.6 Å². The van der Waals surface area contributed by atoms with E-state index in [4.69, 9.17) is 4.42 Å². The first-order valence-electron chi connectivity index (χ1n) is 5.57. The highest BCUT2D eigenvalue weighted by Gasteiger charge is 2.02. The predicted octanol–water partition coefficient (Wildman–Crippen LogP) is 1.15. The minimum atomic E-state index is -2.96. The molecule has 1 aromatic heterocycles.